The first-order valence-corrected chi connectivity index (χ1v) is 8.89. The van der Waals surface area contributed by atoms with Crippen LogP contribution in [-0.4, -0.2) is 36.0 Å². The number of rotatable bonds is 2. The van der Waals surface area contributed by atoms with Crippen LogP contribution in [0.15, 0.2) is 23.1 Å². The van der Waals surface area contributed by atoms with Crippen LogP contribution in [0.2, 0.25) is 0 Å². The minimum Gasteiger partial charge on any atom is -0.368 e. The van der Waals surface area contributed by atoms with Gasteiger partial charge in [0.05, 0.1) is 18.0 Å². The van der Waals surface area contributed by atoms with Gasteiger partial charge < -0.3 is 9.26 Å². The Morgan fingerprint density at radius 2 is 2.08 bits per heavy atom. The van der Waals surface area contributed by atoms with Crippen molar-refractivity contribution in [1.29, 1.82) is 0 Å². The van der Waals surface area contributed by atoms with Gasteiger partial charge >= 0.3 is 0 Å². The molecule has 0 aliphatic carbocycles. The fraction of sp³-hybridized carbons (Fsp3) is 0.500. The van der Waals surface area contributed by atoms with Crippen LogP contribution in [0.5, 0.6) is 0 Å². The largest absolute Gasteiger partial charge is 0.368 e. The molecule has 5 heterocycles. The molecule has 0 saturated carbocycles. The summed E-state index contributed by atoms with van der Waals surface area (Å²) in [5.41, 5.74) is 2.70. The highest BCUT2D eigenvalue weighted by Crippen LogP contribution is 2.44. The second-order valence-corrected chi connectivity index (χ2v) is 7.89. The molecule has 8 heteroatoms. The highest BCUT2D eigenvalue weighted by molar-refractivity contribution is 5.57. The summed E-state index contributed by atoms with van der Waals surface area (Å²) in [6, 6.07) is 0. The molecule has 0 amide bonds. The summed E-state index contributed by atoms with van der Waals surface area (Å²) < 4.78 is 13.5. The van der Waals surface area contributed by atoms with Gasteiger partial charge in [0.2, 0.25) is 0 Å². The summed E-state index contributed by atoms with van der Waals surface area (Å²) in [6.07, 6.45) is 8.11. The zero-order valence-electron chi connectivity index (χ0n) is 15.0. The molecule has 1 fully saturated rings. The van der Waals surface area contributed by atoms with Crippen molar-refractivity contribution in [2.45, 2.75) is 57.7 Å². The molecule has 2 aliphatic rings. The highest BCUT2D eigenvalue weighted by Gasteiger charge is 2.40. The van der Waals surface area contributed by atoms with E-state index in [1.165, 1.54) is 0 Å². The molecule has 2 unspecified atom stereocenters. The van der Waals surface area contributed by atoms with Crippen LogP contribution in [-0.2, 0) is 16.6 Å². The fourth-order valence-corrected chi connectivity index (χ4v) is 3.65. The summed E-state index contributed by atoms with van der Waals surface area (Å²) in [6.45, 7) is 6.18. The van der Waals surface area contributed by atoms with Crippen LogP contribution in [0.25, 0.3) is 17.4 Å². The highest BCUT2D eigenvalue weighted by atomic mass is 16.5. The van der Waals surface area contributed by atoms with Gasteiger partial charge in [-0.15, -0.1) is 0 Å². The lowest BCUT2D eigenvalue weighted by molar-refractivity contribution is 0.0287. The van der Waals surface area contributed by atoms with E-state index in [1.54, 1.807) is 18.6 Å². The molecule has 0 aromatic carbocycles. The molecule has 5 rings (SSSR count). The number of hydrogen-bond donors (Lipinski definition) is 0. The Morgan fingerprint density at radius 3 is 2.81 bits per heavy atom. The second kappa shape index (κ2) is 5.44. The Balaban J connectivity index is 1.69. The van der Waals surface area contributed by atoms with Gasteiger partial charge in [-0.2, -0.15) is 10.1 Å². The maximum Gasteiger partial charge on any atom is 0.278 e. The first-order valence-electron chi connectivity index (χ1n) is 8.89. The van der Waals surface area contributed by atoms with Crippen molar-refractivity contribution >= 4 is 0 Å². The summed E-state index contributed by atoms with van der Waals surface area (Å²) in [5, 5.41) is 8.94. The van der Waals surface area contributed by atoms with Gasteiger partial charge in [-0.1, -0.05) is 25.9 Å². The van der Waals surface area contributed by atoms with Gasteiger partial charge in [0.25, 0.3) is 5.89 Å². The van der Waals surface area contributed by atoms with E-state index in [9.17, 15) is 0 Å². The molecule has 3 aromatic rings. The van der Waals surface area contributed by atoms with Gasteiger partial charge in [0, 0.05) is 29.8 Å². The molecular formula is C18H20N6O2. The summed E-state index contributed by atoms with van der Waals surface area (Å²) in [5.74, 6) is 1.79. The van der Waals surface area contributed by atoms with E-state index < -0.39 is 0 Å². The predicted octanol–water partition coefficient (Wildman–Crippen LogP) is 2.79. The van der Waals surface area contributed by atoms with Crippen molar-refractivity contribution in [1.82, 2.24) is 29.9 Å². The van der Waals surface area contributed by atoms with Gasteiger partial charge in [0.1, 0.15) is 6.10 Å². The van der Waals surface area contributed by atoms with Crippen molar-refractivity contribution in [2.75, 3.05) is 0 Å². The van der Waals surface area contributed by atoms with Crippen LogP contribution in [0.4, 0.5) is 0 Å². The molecule has 0 radical (unpaired) electrons. The number of fused-ring (bicyclic) bond motifs is 4. The number of nitrogens with zero attached hydrogens (tertiary/aromatic N) is 6. The Hall–Kier alpha value is -2.61. The van der Waals surface area contributed by atoms with Gasteiger partial charge in [-0.25, -0.2) is 9.67 Å². The van der Waals surface area contributed by atoms with E-state index >= 15 is 0 Å². The van der Waals surface area contributed by atoms with Crippen molar-refractivity contribution in [3.8, 4) is 17.4 Å². The molecule has 2 atom stereocenters. The molecule has 3 aromatic heterocycles. The number of aromatic nitrogens is 6. The molecule has 0 N–H and O–H groups in total. The van der Waals surface area contributed by atoms with E-state index in [-0.39, 0.29) is 17.6 Å². The van der Waals surface area contributed by atoms with E-state index in [0.29, 0.717) is 17.5 Å². The topological polar surface area (TPSA) is 91.8 Å². The molecular weight excluding hydrogens is 332 g/mol. The smallest absolute Gasteiger partial charge is 0.278 e. The van der Waals surface area contributed by atoms with Crippen LogP contribution >= 0.6 is 0 Å². The molecule has 0 spiro atoms. The Bertz CT molecular complexity index is 956. The van der Waals surface area contributed by atoms with E-state index in [1.807, 2.05) is 4.68 Å². The summed E-state index contributed by atoms with van der Waals surface area (Å²) >= 11 is 0. The number of hydrogen-bond acceptors (Lipinski definition) is 7. The first-order chi connectivity index (χ1) is 12.5. The van der Waals surface area contributed by atoms with E-state index in [0.717, 1.165) is 36.2 Å². The average molecular weight is 352 g/mol. The monoisotopic (exact) mass is 352 g/mol. The lowest BCUT2D eigenvalue weighted by atomic mass is 9.96. The van der Waals surface area contributed by atoms with E-state index in [2.05, 4.69) is 40.9 Å². The standard InChI is InChI=1S/C18H20N6O2/c1-18(2,3)17-21-16(26-23-17)14-11-8-10-4-5-12(25-10)15(11)24(22-14)13-9-19-6-7-20-13/h6-7,9-10,12H,4-5,8H2,1-3H3. The fourth-order valence-electron chi connectivity index (χ4n) is 3.65. The zero-order valence-corrected chi connectivity index (χ0v) is 15.0. The Morgan fingerprint density at radius 1 is 1.19 bits per heavy atom. The molecule has 8 nitrogen and oxygen atoms in total. The van der Waals surface area contributed by atoms with Gasteiger partial charge in [-0.05, 0) is 12.8 Å². The van der Waals surface area contributed by atoms with Crippen LogP contribution in [0, 0.1) is 0 Å². The number of ether oxygens (including phenoxy) is 1. The molecule has 2 aliphatic heterocycles. The quantitative estimate of drug-likeness (QED) is 0.700. The maximum absolute atomic E-state index is 6.12. The summed E-state index contributed by atoms with van der Waals surface area (Å²) in [4.78, 5) is 13.2. The van der Waals surface area contributed by atoms with Crippen LogP contribution < -0.4 is 0 Å². The minimum atomic E-state index is -0.183. The average Bonchev–Trinajstić information content (AvgIpc) is 3.33. The van der Waals surface area contributed by atoms with Gasteiger partial charge in [0.15, 0.2) is 17.3 Å². The lowest BCUT2D eigenvalue weighted by Gasteiger charge is -2.22. The van der Waals surface area contributed by atoms with Gasteiger partial charge in [-0.3, -0.25) is 4.98 Å². The zero-order chi connectivity index (χ0) is 17.9. The van der Waals surface area contributed by atoms with E-state index in [4.69, 9.17) is 14.4 Å². The molecule has 134 valence electrons. The third kappa shape index (κ3) is 2.36. The van der Waals surface area contributed by atoms with Crippen molar-refractivity contribution in [3.63, 3.8) is 0 Å². The third-order valence-corrected chi connectivity index (χ3v) is 4.93. The van der Waals surface area contributed by atoms with Crippen molar-refractivity contribution < 1.29 is 9.26 Å². The minimum absolute atomic E-state index is 0.0250. The third-order valence-electron chi connectivity index (χ3n) is 4.93. The Kier molecular flexibility index (Phi) is 3.27. The Labute approximate surface area is 150 Å². The van der Waals surface area contributed by atoms with Crippen molar-refractivity contribution in [2.24, 2.45) is 0 Å². The SMILES string of the molecule is CC(C)(C)c1noc(-c2nn(-c3cnccn3)c3c2CC2CCC3O2)n1. The van der Waals surface area contributed by atoms with Crippen molar-refractivity contribution in [3.05, 3.63) is 35.7 Å². The molecule has 26 heavy (non-hydrogen) atoms. The second-order valence-electron chi connectivity index (χ2n) is 7.89. The maximum atomic E-state index is 6.12. The lowest BCUT2D eigenvalue weighted by Crippen LogP contribution is -2.19. The first kappa shape index (κ1) is 15.6. The normalized spacial score (nSPS) is 21.8. The predicted molar refractivity (Wildman–Crippen MR) is 91.7 cm³/mol. The van der Waals surface area contributed by atoms with Crippen LogP contribution in [0.3, 0.4) is 0 Å². The summed E-state index contributed by atoms with van der Waals surface area (Å²) in [7, 11) is 0. The molecule has 1 saturated heterocycles. The molecule has 2 bridgehead atoms. The van der Waals surface area contributed by atoms with Crippen LogP contribution in [0.1, 0.15) is 56.8 Å².